The van der Waals surface area contributed by atoms with E-state index in [4.69, 9.17) is 14.2 Å². The van der Waals surface area contributed by atoms with Crippen molar-refractivity contribution in [3.05, 3.63) is 83.9 Å². The van der Waals surface area contributed by atoms with Crippen LogP contribution >= 0.6 is 0 Å². The van der Waals surface area contributed by atoms with Gasteiger partial charge in [-0.3, -0.25) is 4.79 Å². The first-order valence-electron chi connectivity index (χ1n) is 9.62. The Kier molecular flexibility index (Phi) is 5.66. The lowest BCUT2D eigenvalue weighted by atomic mass is 10.1. The zero-order chi connectivity index (χ0) is 20.1. The highest BCUT2D eigenvalue weighted by atomic mass is 16.5. The molecule has 0 radical (unpaired) electrons. The van der Waals surface area contributed by atoms with E-state index in [1.807, 2.05) is 72.8 Å². The average molecular weight is 389 g/mol. The fraction of sp³-hybridized carbons (Fsp3) is 0.208. The molecule has 3 aromatic rings. The highest BCUT2D eigenvalue weighted by Crippen LogP contribution is 2.33. The normalized spacial score (nSPS) is 14.6. The summed E-state index contributed by atoms with van der Waals surface area (Å²) < 4.78 is 17.0. The fourth-order valence-electron chi connectivity index (χ4n) is 3.32. The molecule has 1 aliphatic heterocycles. The molecule has 0 spiro atoms. The molecule has 0 aromatic heterocycles. The minimum Gasteiger partial charge on any atom is -0.497 e. The van der Waals surface area contributed by atoms with Gasteiger partial charge in [0.2, 0.25) is 5.91 Å². The Morgan fingerprint density at radius 2 is 1.76 bits per heavy atom. The van der Waals surface area contributed by atoms with Gasteiger partial charge in [0.25, 0.3) is 0 Å². The maximum atomic E-state index is 12.2. The second-order valence-corrected chi connectivity index (χ2v) is 6.96. The summed E-state index contributed by atoms with van der Waals surface area (Å²) in [5, 5.41) is 2.96. The Hall–Kier alpha value is -3.47. The van der Waals surface area contributed by atoms with Crippen LogP contribution in [0.3, 0.4) is 0 Å². The molecule has 1 N–H and O–H groups in total. The second-order valence-electron chi connectivity index (χ2n) is 6.96. The molecule has 0 saturated heterocycles. The standard InChI is InChI=1S/C24H23NO4/c1-27-19-9-7-17(8-10-19)13-24(26)25-16-22-15-18-14-21(11-12-23(18)29-22)28-20-5-3-2-4-6-20/h2-12,14,22H,13,15-16H2,1H3,(H,25,26)/t22-/m0/s1. The van der Waals surface area contributed by atoms with Gasteiger partial charge < -0.3 is 19.5 Å². The van der Waals surface area contributed by atoms with Crippen LogP contribution in [0.4, 0.5) is 0 Å². The molecule has 1 heterocycles. The molecular formula is C24H23NO4. The number of ether oxygens (including phenoxy) is 3. The predicted octanol–water partition coefficient (Wildman–Crippen LogP) is 4.15. The van der Waals surface area contributed by atoms with Crippen molar-refractivity contribution in [3.8, 4) is 23.0 Å². The van der Waals surface area contributed by atoms with E-state index in [2.05, 4.69) is 5.32 Å². The Labute approximate surface area is 170 Å². The van der Waals surface area contributed by atoms with Gasteiger partial charge in [0.1, 0.15) is 29.1 Å². The van der Waals surface area contributed by atoms with E-state index >= 15 is 0 Å². The van der Waals surface area contributed by atoms with Gasteiger partial charge in [-0.05, 0) is 48.0 Å². The van der Waals surface area contributed by atoms with Gasteiger partial charge in [0, 0.05) is 12.0 Å². The van der Waals surface area contributed by atoms with E-state index in [-0.39, 0.29) is 12.0 Å². The molecule has 1 amide bonds. The van der Waals surface area contributed by atoms with Gasteiger partial charge in [0.15, 0.2) is 0 Å². The van der Waals surface area contributed by atoms with E-state index in [1.54, 1.807) is 7.11 Å². The summed E-state index contributed by atoms with van der Waals surface area (Å²) >= 11 is 0. The predicted molar refractivity (Wildman–Crippen MR) is 111 cm³/mol. The van der Waals surface area contributed by atoms with E-state index in [0.29, 0.717) is 13.0 Å². The Balaban J connectivity index is 1.28. The number of amides is 1. The molecule has 29 heavy (non-hydrogen) atoms. The number of carbonyl (C=O) groups is 1. The molecule has 148 valence electrons. The number of nitrogens with one attached hydrogen (secondary N) is 1. The summed E-state index contributed by atoms with van der Waals surface area (Å²) in [5.74, 6) is 3.18. The number of carbonyl (C=O) groups excluding carboxylic acids is 1. The van der Waals surface area contributed by atoms with Gasteiger partial charge in [0.05, 0.1) is 20.1 Å². The van der Waals surface area contributed by atoms with Crippen LogP contribution in [0.1, 0.15) is 11.1 Å². The first-order chi connectivity index (χ1) is 14.2. The molecule has 0 fully saturated rings. The van der Waals surface area contributed by atoms with Crippen molar-refractivity contribution in [2.75, 3.05) is 13.7 Å². The maximum absolute atomic E-state index is 12.2. The van der Waals surface area contributed by atoms with Crippen molar-refractivity contribution >= 4 is 5.91 Å². The molecule has 5 nitrogen and oxygen atoms in total. The summed E-state index contributed by atoms with van der Waals surface area (Å²) in [6, 6.07) is 23.0. The quantitative estimate of drug-likeness (QED) is 0.660. The molecule has 0 unspecified atom stereocenters. The largest absolute Gasteiger partial charge is 0.497 e. The maximum Gasteiger partial charge on any atom is 0.224 e. The number of hydrogen-bond acceptors (Lipinski definition) is 4. The van der Waals surface area contributed by atoms with Gasteiger partial charge in [-0.2, -0.15) is 0 Å². The highest BCUT2D eigenvalue weighted by molar-refractivity contribution is 5.78. The van der Waals surface area contributed by atoms with Crippen molar-refractivity contribution in [3.63, 3.8) is 0 Å². The third kappa shape index (κ3) is 4.88. The number of rotatable bonds is 7. The monoisotopic (exact) mass is 389 g/mol. The van der Waals surface area contributed by atoms with Gasteiger partial charge in [-0.15, -0.1) is 0 Å². The van der Waals surface area contributed by atoms with E-state index < -0.39 is 0 Å². The first kappa shape index (κ1) is 18.9. The van der Waals surface area contributed by atoms with Crippen LogP contribution in [0.2, 0.25) is 0 Å². The van der Waals surface area contributed by atoms with Crippen molar-refractivity contribution in [1.29, 1.82) is 0 Å². The fourth-order valence-corrected chi connectivity index (χ4v) is 3.32. The minimum absolute atomic E-state index is 0.0252. The van der Waals surface area contributed by atoms with Crippen LogP contribution in [0, 0.1) is 0 Å². The summed E-state index contributed by atoms with van der Waals surface area (Å²) in [7, 11) is 1.62. The zero-order valence-electron chi connectivity index (χ0n) is 16.3. The summed E-state index contributed by atoms with van der Waals surface area (Å²) in [4.78, 5) is 12.2. The molecule has 0 saturated carbocycles. The minimum atomic E-state index is -0.0724. The summed E-state index contributed by atoms with van der Waals surface area (Å²) in [6.07, 6.45) is 1.000. The summed E-state index contributed by atoms with van der Waals surface area (Å²) in [6.45, 7) is 0.471. The zero-order valence-corrected chi connectivity index (χ0v) is 16.3. The molecule has 0 bridgehead atoms. The number of para-hydroxylation sites is 1. The van der Waals surface area contributed by atoms with Crippen LogP contribution in [0.25, 0.3) is 0 Å². The van der Waals surface area contributed by atoms with Gasteiger partial charge in [-0.1, -0.05) is 30.3 Å². The molecule has 1 atom stereocenters. The molecular weight excluding hydrogens is 366 g/mol. The van der Waals surface area contributed by atoms with Crippen molar-refractivity contribution < 1.29 is 19.0 Å². The molecule has 0 aliphatic carbocycles. The third-order valence-electron chi connectivity index (χ3n) is 4.80. The third-order valence-corrected chi connectivity index (χ3v) is 4.80. The van der Waals surface area contributed by atoms with Crippen LogP contribution in [-0.4, -0.2) is 25.7 Å². The SMILES string of the molecule is COc1ccc(CC(=O)NC[C@@H]2Cc3cc(Oc4ccccc4)ccc3O2)cc1. The average Bonchev–Trinajstić information content (AvgIpc) is 3.16. The number of benzene rings is 3. The van der Waals surface area contributed by atoms with Crippen LogP contribution < -0.4 is 19.5 Å². The van der Waals surface area contributed by atoms with Gasteiger partial charge in [-0.25, -0.2) is 0 Å². The van der Waals surface area contributed by atoms with Crippen molar-refractivity contribution in [1.82, 2.24) is 5.32 Å². The van der Waals surface area contributed by atoms with Crippen LogP contribution in [-0.2, 0) is 17.6 Å². The topological polar surface area (TPSA) is 56.8 Å². The van der Waals surface area contributed by atoms with Crippen LogP contribution in [0.5, 0.6) is 23.0 Å². The van der Waals surface area contributed by atoms with E-state index in [0.717, 1.165) is 40.5 Å². The second kappa shape index (κ2) is 8.69. The highest BCUT2D eigenvalue weighted by Gasteiger charge is 2.24. The van der Waals surface area contributed by atoms with Gasteiger partial charge >= 0.3 is 0 Å². The Morgan fingerprint density at radius 3 is 2.52 bits per heavy atom. The number of fused-ring (bicyclic) bond motifs is 1. The molecule has 4 rings (SSSR count). The van der Waals surface area contributed by atoms with E-state index in [1.165, 1.54) is 0 Å². The molecule has 5 heteroatoms. The number of hydrogen-bond donors (Lipinski definition) is 1. The van der Waals surface area contributed by atoms with E-state index in [9.17, 15) is 4.79 Å². The Bertz CT molecular complexity index is 970. The van der Waals surface area contributed by atoms with Crippen LogP contribution in [0.15, 0.2) is 72.8 Å². The lowest BCUT2D eigenvalue weighted by molar-refractivity contribution is -0.120. The van der Waals surface area contributed by atoms with Crippen molar-refractivity contribution in [2.24, 2.45) is 0 Å². The van der Waals surface area contributed by atoms with Crippen molar-refractivity contribution in [2.45, 2.75) is 18.9 Å². The first-order valence-corrected chi connectivity index (χ1v) is 9.62. The lowest BCUT2D eigenvalue weighted by Gasteiger charge is -2.12. The smallest absolute Gasteiger partial charge is 0.224 e. The molecule has 1 aliphatic rings. The lowest BCUT2D eigenvalue weighted by Crippen LogP contribution is -2.35. The summed E-state index contributed by atoms with van der Waals surface area (Å²) in [5.41, 5.74) is 2.04. The Morgan fingerprint density at radius 1 is 1.00 bits per heavy atom. The molecule has 3 aromatic carbocycles. The number of methoxy groups -OCH3 is 1.